The SMILES string of the molecule is CC(Cn1ccc2ccccc21)c1nc(-c2ccc(C(=O)N3CCN(C)CC3)nc2)no1. The molecule has 4 aromatic rings. The maximum absolute atomic E-state index is 12.7. The van der Waals surface area contributed by atoms with Crippen molar-refractivity contribution in [3.05, 3.63) is 66.4 Å². The van der Waals surface area contributed by atoms with E-state index in [2.05, 4.69) is 63.0 Å². The molecule has 1 amide bonds. The van der Waals surface area contributed by atoms with Crippen molar-refractivity contribution in [1.29, 1.82) is 0 Å². The number of pyridine rings is 1. The molecule has 5 rings (SSSR count). The molecule has 0 spiro atoms. The molecule has 1 saturated heterocycles. The van der Waals surface area contributed by atoms with Gasteiger partial charge in [-0.25, -0.2) is 0 Å². The van der Waals surface area contributed by atoms with Gasteiger partial charge in [0.05, 0.1) is 5.92 Å². The third kappa shape index (κ3) is 4.01. The molecule has 0 aliphatic carbocycles. The summed E-state index contributed by atoms with van der Waals surface area (Å²) in [4.78, 5) is 25.7. The Bertz CT molecular complexity index is 1220. The summed E-state index contributed by atoms with van der Waals surface area (Å²) in [5.74, 6) is 1.08. The van der Waals surface area contributed by atoms with Gasteiger partial charge in [0.1, 0.15) is 5.69 Å². The van der Waals surface area contributed by atoms with E-state index in [0.29, 0.717) is 17.4 Å². The predicted molar refractivity (Wildman–Crippen MR) is 121 cm³/mol. The molecule has 1 aliphatic rings. The van der Waals surface area contributed by atoms with Crippen molar-refractivity contribution in [2.75, 3.05) is 33.2 Å². The first-order valence-electron chi connectivity index (χ1n) is 10.9. The highest BCUT2D eigenvalue weighted by molar-refractivity contribution is 5.92. The molecule has 1 unspecified atom stereocenters. The first-order valence-corrected chi connectivity index (χ1v) is 10.9. The van der Waals surface area contributed by atoms with Crippen LogP contribution in [0, 0.1) is 0 Å². The molecule has 1 atom stereocenters. The number of rotatable bonds is 5. The van der Waals surface area contributed by atoms with Crippen LogP contribution in [-0.2, 0) is 6.54 Å². The first-order chi connectivity index (χ1) is 15.6. The number of hydrogen-bond donors (Lipinski definition) is 0. The Labute approximate surface area is 186 Å². The lowest BCUT2D eigenvalue weighted by molar-refractivity contribution is 0.0658. The zero-order chi connectivity index (χ0) is 22.1. The minimum Gasteiger partial charge on any atom is -0.347 e. The smallest absolute Gasteiger partial charge is 0.272 e. The third-order valence-electron chi connectivity index (χ3n) is 6.05. The average Bonchev–Trinajstić information content (AvgIpc) is 3.47. The maximum Gasteiger partial charge on any atom is 0.272 e. The van der Waals surface area contributed by atoms with Crippen molar-refractivity contribution < 1.29 is 9.32 Å². The van der Waals surface area contributed by atoms with E-state index in [1.54, 1.807) is 12.3 Å². The molecule has 1 fully saturated rings. The molecule has 1 aromatic carbocycles. The fraction of sp³-hybridized carbons (Fsp3) is 0.333. The van der Waals surface area contributed by atoms with Gasteiger partial charge in [0, 0.05) is 56.2 Å². The Morgan fingerprint density at radius 3 is 2.69 bits per heavy atom. The van der Waals surface area contributed by atoms with Crippen molar-refractivity contribution in [3.63, 3.8) is 0 Å². The van der Waals surface area contributed by atoms with Crippen LogP contribution in [-0.4, -0.2) is 68.6 Å². The molecule has 4 heterocycles. The normalized spacial score (nSPS) is 15.9. The number of fused-ring (bicyclic) bond motifs is 1. The highest BCUT2D eigenvalue weighted by atomic mass is 16.5. The number of para-hydroxylation sites is 1. The summed E-state index contributed by atoms with van der Waals surface area (Å²) in [6.07, 6.45) is 3.72. The quantitative estimate of drug-likeness (QED) is 0.483. The van der Waals surface area contributed by atoms with Gasteiger partial charge in [-0.2, -0.15) is 4.98 Å². The largest absolute Gasteiger partial charge is 0.347 e. The van der Waals surface area contributed by atoms with Crippen LogP contribution < -0.4 is 0 Å². The van der Waals surface area contributed by atoms with E-state index >= 15 is 0 Å². The number of carbonyl (C=O) groups excluding carboxylic acids is 1. The van der Waals surface area contributed by atoms with Crippen LogP contribution in [0.2, 0.25) is 0 Å². The van der Waals surface area contributed by atoms with E-state index in [1.807, 2.05) is 23.1 Å². The molecule has 32 heavy (non-hydrogen) atoms. The first kappa shape index (κ1) is 20.4. The summed E-state index contributed by atoms with van der Waals surface area (Å²) in [7, 11) is 2.07. The minimum atomic E-state index is -0.0361. The summed E-state index contributed by atoms with van der Waals surface area (Å²) in [6, 6.07) is 14.0. The van der Waals surface area contributed by atoms with E-state index in [4.69, 9.17) is 4.52 Å². The molecule has 1 aliphatic heterocycles. The van der Waals surface area contributed by atoms with Crippen LogP contribution in [0.1, 0.15) is 29.2 Å². The number of hydrogen-bond acceptors (Lipinski definition) is 6. The fourth-order valence-electron chi connectivity index (χ4n) is 4.05. The summed E-state index contributed by atoms with van der Waals surface area (Å²) in [6.45, 7) is 6.02. The Kier molecular flexibility index (Phi) is 5.45. The van der Waals surface area contributed by atoms with E-state index in [1.165, 1.54) is 10.9 Å². The zero-order valence-corrected chi connectivity index (χ0v) is 18.3. The van der Waals surface area contributed by atoms with Gasteiger partial charge in [-0.1, -0.05) is 30.3 Å². The summed E-state index contributed by atoms with van der Waals surface area (Å²) in [5, 5.41) is 5.35. The van der Waals surface area contributed by atoms with Gasteiger partial charge in [-0.3, -0.25) is 9.78 Å². The van der Waals surface area contributed by atoms with E-state index in [-0.39, 0.29) is 11.8 Å². The van der Waals surface area contributed by atoms with Crippen LogP contribution in [0.15, 0.2) is 59.4 Å². The molecule has 0 bridgehead atoms. The van der Waals surface area contributed by atoms with E-state index < -0.39 is 0 Å². The number of piperazine rings is 1. The summed E-state index contributed by atoms with van der Waals surface area (Å²) >= 11 is 0. The van der Waals surface area contributed by atoms with E-state index in [9.17, 15) is 4.79 Å². The molecule has 0 radical (unpaired) electrons. The number of likely N-dealkylation sites (N-methyl/N-ethyl adjacent to an activating group) is 1. The monoisotopic (exact) mass is 430 g/mol. The lowest BCUT2D eigenvalue weighted by Crippen LogP contribution is -2.47. The van der Waals surface area contributed by atoms with Crippen LogP contribution in [0.25, 0.3) is 22.3 Å². The van der Waals surface area contributed by atoms with Crippen molar-refractivity contribution in [2.24, 2.45) is 0 Å². The molecule has 0 N–H and O–H groups in total. The Hall–Kier alpha value is -3.52. The molecular formula is C24H26N6O2. The molecule has 164 valence electrons. The van der Waals surface area contributed by atoms with Crippen LogP contribution >= 0.6 is 0 Å². The second-order valence-electron chi connectivity index (χ2n) is 8.41. The van der Waals surface area contributed by atoms with Gasteiger partial charge < -0.3 is 18.9 Å². The number of aromatic nitrogens is 4. The van der Waals surface area contributed by atoms with Crippen molar-refractivity contribution >= 4 is 16.8 Å². The van der Waals surface area contributed by atoms with Gasteiger partial charge in [-0.05, 0) is 36.7 Å². The second-order valence-corrected chi connectivity index (χ2v) is 8.41. The number of benzene rings is 1. The second kappa shape index (κ2) is 8.55. The number of nitrogens with zero attached hydrogens (tertiary/aromatic N) is 6. The van der Waals surface area contributed by atoms with Crippen LogP contribution in [0.4, 0.5) is 0 Å². The maximum atomic E-state index is 12.7. The molecule has 8 heteroatoms. The molecule has 8 nitrogen and oxygen atoms in total. The van der Waals surface area contributed by atoms with Crippen LogP contribution in [0.3, 0.4) is 0 Å². The lowest BCUT2D eigenvalue weighted by Gasteiger charge is -2.32. The van der Waals surface area contributed by atoms with Crippen LogP contribution in [0.5, 0.6) is 0 Å². The number of amides is 1. The Morgan fingerprint density at radius 1 is 1.09 bits per heavy atom. The molecule has 0 saturated carbocycles. The Morgan fingerprint density at radius 2 is 1.91 bits per heavy atom. The summed E-state index contributed by atoms with van der Waals surface area (Å²) in [5.41, 5.74) is 2.35. The Balaban J connectivity index is 1.27. The predicted octanol–water partition coefficient (Wildman–Crippen LogP) is 3.28. The minimum absolute atomic E-state index is 0.0361. The van der Waals surface area contributed by atoms with Crippen molar-refractivity contribution in [3.8, 4) is 11.4 Å². The zero-order valence-electron chi connectivity index (χ0n) is 18.3. The number of carbonyl (C=O) groups is 1. The highest BCUT2D eigenvalue weighted by Gasteiger charge is 2.22. The average molecular weight is 431 g/mol. The topological polar surface area (TPSA) is 80.3 Å². The highest BCUT2D eigenvalue weighted by Crippen LogP contribution is 2.23. The van der Waals surface area contributed by atoms with E-state index in [0.717, 1.165) is 38.3 Å². The third-order valence-corrected chi connectivity index (χ3v) is 6.05. The molecular weight excluding hydrogens is 404 g/mol. The van der Waals surface area contributed by atoms with Crippen molar-refractivity contribution in [1.82, 2.24) is 29.5 Å². The summed E-state index contributed by atoms with van der Waals surface area (Å²) < 4.78 is 7.74. The van der Waals surface area contributed by atoms with Gasteiger partial charge in [0.2, 0.25) is 11.7 Å². The van der Waals surface area contributed by atoms with Gasteiger partial charge in [-0.15, -0.1) is 0 Å². The molecule has 3 aromatic heterocycles. The lowest BCUT2D eigenvalue weighted by atomic mass is 10.1. The standard InChI is InChI=1S/C24H26N6O2/c1-17(16-30-10-9-18-5-3-4-6-21(18)30)23-26-22(27-32-23)19-7-8-20(25-15-19)24(31)29-13-11-28(2)12-14-29/h3-10,15,17H,11-14,16H2,1-2H3. The van der Waals surface area contributed by atoms with Crippen molar-refractivity contribution in [2.45, 2.75) is 19.4 Å². The van der Waals surface area contributed by atoms with Gasteiger partial charge >= 0.3 is 0 Å². The van der Waals surface area contributed by atoms with Gasteiger partial charge in [0.15, 0.2) is 0 Å². The fourth-order valence-corrected chi connectivity index (χ4v) is 4.05. The van der Waals surface area contributed by atoms with Gasteiger partial charge in [0.25, 0.3) is 5.91 Å².